The van der Waals surface area contributed by atoms with E-state index in [2.05, 4.69) is 32.3 Å². The predicted octanol–water partition coefficient (Wildman–Crippen LogP) is 3.51. The first-order chi connectivity index (χ1) is 8.38. The maximum Gasteiger partial charge on any atom is 0.273 e. The molecule has 1 N–H and O–H groups in total. The minimum Gasteiger partial charge on any atom is -0.279 e. The summed E-state index contributed by atoms with van der Waals surface area (Å²) in [5, 5.41) is 0. The van der Waals surface area contributed by atoms with Gasteiger partial charge in [-0.2, -0.15) is 0 Å². The summed E-state index contributed by atoms with van der Waals surface area (Å²) < 4.78 is 28.1. The Morgan fingerprint density at radius 1 is 1.44 bits per heavy atom. The van der Waals surface area contributed by atoms with Gasteiger partial charge >= 0.3 is 0 Å². The molecule has 0 amide bonds. The minimum atomic E-state index is -3.62. The average molecular weight is 415 g/mol. The fourth-order valence-electron chi connectivity index (χ4n) is 1.35. The molecule has 1 aromatic carbocycles. The highest BCUT2D eigenvalue weighted by Gasteiger charge is 2.21. The van der Waals surface area contributed by atoms with Crippen LogP contribution in [0.5, 0.6) is 0 Å². The number of benzene rings is 1. The molecule has 18 heavy (non-hydrogen) atoms. The van der Waals surface area contributed by atoms with E-state index in [1.165, 1.54) is 0 Å². The normalized spacial score (nSPS) is 11.5. The Labute approximate surface area is 128 Å². The summed E-state index contributed by atoms with van der Waals surface area (Å²) in [4.78, 5) is 3.90. The largest absolute Gasteiger partial charge is 0.279 e. The van der Waals surface area contributed by atoms with Gasteiger partial charge in [-0.15, -0.1) is 0 Å². The average Bonchev–Trinajstić information content (AvgIpc) is 2.58. The quantitative estimate of drug-likeness (QED) is 0.782. The molecule has 0 aliphatic heterocycles. The SMILES string of the molecule is Cc1nc(Cl)sc1S(=O)(=O)Nc1cccc(I)c1. The third-order valence-electron chi connectivity index (χ3n) is 2.05. The van der Waals surface area contributed by atoms with Crippen molar-refractivity contribution in [3.8, 4) is 0 Å². The van der Waals surface area contributed by atoms with Crippen LogP contribution in [0.15, 0.2) is 28.5 Å². The second-order valence-electron chi connectivity index (χ2n) is 3.46. The van der Waals surface area contributed by atoms with Crippen LogP contribution in [0.4, 0.5) is 5.69 Å². The zero-order valence-electron chi connectivity index (χ0n) is 9.15. The fraction of sp³-hybridized carbons (Fsp3) is 0.100. The molecule has 0 atom stereocenters. The zero-order chi connectivity index (χ0) is 13.3. The Bertz CT molecular complexity index is 685. The molecule has 0 aliphatic carbocycles. The van der Waals surface area contributed by atoms with Gasteiger partial charge in [-0.05, 0) is 47.7 Å². The van der Waals surface area contributed by atoms with Crippen LogP contribution in [0.25, 0.3) is 0 Å². The van der Waals surface area contributed by atoms with E-state index in [1.54, 1.807) is 25.1 Å². The Morgan fingerprint density at radius 3 is 2.72 bits per heavy atom. The van der Waals surface area contributed by atoms with Crippen LogP contribution in [0.1, 0.15) is 5.69 Å². The lowest BCUT2D eigenvalue weighted by molar-refractivity contribution is 0.602. The number of aryl methyl sites for hydroxylation is 1. The number of thiazole rings is 1. The van der Waals surface area contributed by atoms with Gasteiger partial charge in [-0.3, -0.25) is 4.72 Å². The molecule has 0 spiro atoms. The third-order valence-corrected chi connectivity index (χ3v) is 5.97. The number of aromatic nitrogens is 1. The lowest BCUT2D eigenvalue weighted by Crippen LogP contribution is -2.12. The fourth-order valence-corrected chi connectivity index (χ4v) is 4.69. The molecule has 0 bridgehead atoms. The van der Waals surface area contributed by atoms with Crippen LogP contribution in [0.2, 0.25) is 4.47 Å². The van der Waals surface area contributed by atoms with E-state index in [9.17, 15) is 8.42 Å². The molecule has 96 valence electrons. The zero-order valence-corrected chi connectivity index (χ0v) is 13.7. The topological polar surface area (TPSA) is 59.1 Å². The van der Waals surface area contributed by atoms with Gasteiger partial charge in [0.2, 0.25) is 0 Å². The monoisotopic (exact) mass is 414 g/mol. The summed E-state index contributed by atoms with van der Waals surface area (Å²) in [6.07, 6.45) is 0. The molecule has 2 aromatic rings. The van der Waals surface area contributed by atoms with Gasteiger partial charge < -0.3 is 0 Å². The number of rotatable bonds is 3. The molecule has 4 nitrogen and oxygen atoms in total. The van der Waals surface area contributed by atoms with Crippen LogP contribution in [0.3, 0.4) is 0 Å². The van der Waals surface area contributed by atoms with Crippen molar-refractivity contribution in [2.24, 2.45) is 0 Å². The Kier molecular flexibility index (Phi) is 4.15. The first-order valence-corrected chi connectivity index (χ1v) is 8.55. The smallest absolute Gasteiger partial charge is 0.273 e. The molecule has 0 aliphatic rings. The summed E-state index contributed by atoms with van der Waals surface area (Å²) >= 11 is 8.78. The molecule has 1 aromatic heterocycles. The van der Waals surface area contributed by atoms with E-state index in [-0.39, 0.29) is 8.68 Å². The van der Waals surface area contributed by atoms with Crippen LogP contribution >= 0.6 is 45.5 Å². The summed E-state index contributed by atoms with van der Waals surface area (Å²) in [7, 11) is -3.62. The number of halogens is 2. The van der Waals surface area contributed by atoms with Crippen LogP contribution in [0, 0.1) is 10.5 Å². The van der Waals surface area contributed by atoms with Crippen molar-refractivity contribution >= 4 is 61.2 Å². The molecule has 2 rings (SSSR count). The third kappa shape index (κ3) is 3.14. The minimum absolute atomic E-state index is 0.145. The highest BCUT2D eigenvalue weighted by Crippen LogP contribution is 2.28. The van der Waals surface area contributed by atoms with Crippen molar-refractivity contribution in [3.05, 3.63) is 38.0 Å². The van der Waals surface area contributed by atoms with Gasteiger partial charge in [-0.1, -0.05) is 29.0 Å². The molecular weight excluding hydrogens is 407 g/mol. The number of nitrogens with one attached hydrogen (secondary N) is 1. The summed E-state index contributed by atoms with van der Waals surface area (Å²) in [5.41, 5.74) is 0.925. The molecule has 0 unspecified atom stereocenters. The van der Waals surface area contributed by atoms with Crippen LogP contribution in [-0.2, 0) is 10.0 Å². The standard InChI is InChI=1S/C10H8ClIN2O2S2/c1-6-9(17-10(11)13-6)18(15,16)14-8-4-2-3-7(12)5-8/h2-5,14H,1H3. The van der Waals surface area contributed by atoms with Crippen LogP contribution in [-0.4, -0.2) is 13.4 Å². The lowest BCUT2D eigenvalue weighted by Gasteiger charge is -2.06. The first kappa shape index (κ1) is 14.0. The van der Waals surface area contributed by atoms with E-state index in [4.69, 9.17) is 11.6 Å². The Hall–Kier alpha value is -0.380. The van der Waals surface area contributed by atoms with Crippen molar-refractivity contribution in [1.82, 2.24) is 4.98 Å². The molecule has 8 heteroatoms. The number of anilines is 1. The first-order valence-electron chi connectivity index (χ1n) is 4.80. The van der Waals surface area contributed by atoms with Gasteiger partial charge in [0.15, 0.2) is 8.68 Å². The lowest BCUT2D eigenvalue weighted by atomic mass is 10.3. The van der Waals surface area contributed by atoms with E-state index in [0.717, 1.165) is 14.9 Å². The van der Waals surface area contributed by atoms with Gasteiger partial charge in [0.1, 0.15) is 0 Å². The molecule has 0 fully saturated rings. The Balaban J connectivity index is 2.36. The Morgan fingerprint density at radius 2 is 2.17 bits per heavy atom. The van der Waals surface area contributed by atoms with Gasteiger partial charge in [-0.25, -0.2) is 13.4 Å². The van der Waals surface area contributed by atoms with Crippen molar-refractivity contribution in [3.63, 3.8) is 0 Å². The summed E-state index contributed by atoms with van der Waals surface area (Å²) in [6.45, 7) is 1.62. The number of hydrogen-bond donors (Lipinski definition) is 1. The predicted molar refractivity (Wildman–Crippen MR) is 81.8 cm³/mol. The van der Waals surface area contributed by atoms with Crippen LogP contribution < -0.4 is 4.72 Å². The summed E-state index contributed by atoms with van der Waals surface area (Å²) in [5.74, 6) is 0. The van der Waals surface area contributed by atoms with Crippen molar-refractivity contribution in [2.45, 2.75) is 11.1 Å². The van der Waals surface area contributed by atoms with Crippen molar-refractivity contribution in [1.29, 1.82) is 0 Å². The number of hydrogen-bond acceptors (Lipinski definition) is 4. The highest BCUT2D eigenvalue weighted by molar-refractivity contribution is 14.1. The van der Waals surface area contributed by atoms with E-state index in [0.29, 0.717) is 11.4 Å². The maximum absolute atomic E-state index is 12.1. The van der Waals surface area contributed by atoms with Gasteiger partial charge in [0.05, 0.1) is 5.69 Å². The molecule has 0 saturated heterocycles. The second-order valence-corrected chi connectivity index (χ2v) is 8.16. The number of sulfonamides is 1. The molecule has 0 saturated carbocycles. The highest BCUT2D eigenvalue weighted by atomic mass is 127. The molecular formula is C10H8ClIN2O2S2. The molecule has 1 heterocycles. The van der Waals surface area contributed by atoms with Gasteiger partial charge in [0, 0.05) is 9.26 Å². The molecule has 0 radical (unpaired) electrons. The van der Waals surface area contributed by atoms with Gasteiger partial charge in [0.25, 0.3) is 10.0 Å². The van der Waals surface area contributed by atoms with Crippen molar-refractivity contribution < 1.29 is 8.42 Å². The van der Waals surface area contributed by atoms with E-state index in [1.807, 2.05) is 6.07 Å². The maximum atomic E-state index is 12.1. The number of nitrogens with zero attached hydrogens (tertiary/aromatic N) is 1. The van der Waals surface area contributed by atoms with E-state index < -0.39 is 10.0 Å². The van der Waals surface area contributed by atoms with E-state index >= 15 is 0 Å². The second kappa shape index (κ2) is 5.32. The summed E-state index contributed by atoms with van der Waals surface area (Å²) in [6, 6.07) is 7.10. The van der Waals surface area contributed by atoms with Crippen molar-refractivity contribution in [2.75, 3.05) is 4.72 Å².